The summed E-state index contributed by atoms with van der Waals surface area (Å²) in [6.45, 7) is 2.63. The fourth-order valence-corrected chi connectivity index (χ4v) is 3.52. The number of nitrogen functional groups attached to an aromatic ring is 1. The van der Waals surface area contributed by atoms with Crippen molar-refractivity contribution < 1.29 is 4.79 Å². The van der Waals surface area contributed by atoms with Crippen molar-refractivity contribution in [2.24, 2.45) is 5.92 Å². The number of rotatable bonds is 4. The Bertz CT molecular complexity index is 634. The number of carbonyl (C=O) groups is 1. The van der Waals surface area contributed by atoms with Crippen molar-refractivity contribution in [1.82, 2.24) is 9.88 Å². The van der Waals surface area contributed by atoms with Crippen LogP contribution in [0.25, 0.3) is 0 Å². The highest BCUT2D eigenvalue weighted by Crippen LogP contribution is 2.23. The van der Waals surface area contributed by atoms with Crippen molar-refractivity contribution in [3.05, 3.63) is 41.4 Å². The van der Waals surface area contributed by atoms with E-state index in [2.05, 4.69) is 15.2 Å². The van der Waals surface area contributed by atoms with Crippen molar-refractivity contribution >= 4 is 40.5 Å². The largest absolute Gasteiger partial charge is 0.375 e. The molecule has 0 spiro atoms. The highest BCUT2D eigenvalue weighted by Gasteiger charge is 2.26. The molecule has 0 bridgehead atoms. The lowest BCUT2D eigenvalue weighted by molar-refractivity contribution is -0.121. The molecular weight excluding hydrogens is 332 g/mol. The number of hydrogen-bond donors (Lipinski definition) is 2. The number of nitrogens with one attached hydrogen (secondary N) is 1. The van der Waals surface area contributed by atoms with E-state index in [0.29, 0.717) is 5.13 Å². The lowest BCUT2D eigenvalue weighted by atomic mass is 9.97. The van der Waals surface area contributed by atoms with Crippen LogP contribution in [0.3, 0.4) is 0 Å². The molecule has 3 rings (SSSR count). The molecule has 124 valence electrons. The second kappa shape index (κ2) is 8.29. The summed E-state index contributed by atoms with van der Waals surface area (Å²) in [5.41, 5.74) is 6.53. The van der Waals surface area contributed by atoms with Crippen molar-refractivity contribution in [2.45, 2.75) is 19.4 Å². The number of benzene rings is 1. The van der Waals surface area contributed by atoms with E-state index in [1.54, 1.807) is 0 Å². The minimum Gasteiger partial charge on any atom is -0.375 e. The summed E-state index contributed by atoms with van der Waals surface area (Å²) in [5.74, 6) is 0.152. The number of anilines is 2. The summed E-state index contributed by atoms with van der Waals surface area (Å²) in [5, 5.41) is 3.61. The van der Waals surface area contributed by atoms with Gasteiger partial charge in [0.1, 0.15) is 0 Å². The Morgan fingerprint density at radius 2 is 2.17 bits per heavy atom. The highest BCUT2D eigenvalue weighted by molar-refractivity contribution is 7.15. The number of aromatic nitrogens is 1. The fourth-order valence-electron chi connectivity index (χ4n) is 2.80. The van der Waals surface area contributed by atoms with E-state index in [0.717, 1.165) is 43.0 Å². The van der Waals surface area contributed by atoms with E-state index in [1.807, 2.05) is 36.5 Å². The molecule has 1 aromatic carbocycles. The van der Waals surface area contributed by atoms with Crippen LogP contribution in [0.4, 0.5) is 10.8 Å². The number of thiazole rings is 1. The minimum absolute atomic E-state index is 0. The maximum absolute atomic E-state index is 12.4. The normalized spacial score (nSPS) is 18.2. The van der Waals surface area contributed by atoms with Crippen LogP contribution >= 0.6 is 23.7 Å². The van der Waals surface area contributed by atoms with Crippen LogP contribution in [0, 0.1) is 5.92 Å². The van der Waals surface area contributed by atoms with Crippen LogP contribution in [-0.2, 0) is 11.3 Å². The Kier molecular flexibility index (Phi) is 6.38. The molecule has 1 amide bonds. The number of nitrogens with two attached hydrogens (primary N) is 1. The number of piperidine rings is 1. The Morgan fingerprint density at radius 1 is 1.39 bits per heavy atom. The number of nitrogens with zero attached hydrogens (tertiary/aromatic N) is 2. The standard InChI is InChI=1S/C16H20N4OS.ClH/c17-16-18-9-14(22-16)11-20-8-4-5-12(10-20)15(21)19-13-6-2-1-3-7-13;/h1-3,6-7,9,12H,4-5,8,10-11H2,(H2,17,18)(H,19,21);1H. The Balaban J connectivity index is 0.00000192. The first kappa shape index (κ1) is 17.7. The van der Waals surface area contributed by atoms with Crippen LogP contribution in [0.15, 0.2) is 36.5 Å². The first-order chi connectivity index (χ1) is 10.7. The second-order valence-electron chi connectivity index (χ2n) is 5.59. The van der Waals surface area contributed by atoms with Gasteiger partial charge in [0.05, 0.1) is 5.92 Å². The van der Waals surface area contributed by atoms with E-state index < -0.39 is 0 Å². The first-order valence-electron chi connectivity index (χ1n) is 7.49. The Morgan fingerprint density at radius 3 is 2.87 bits per heavy atom. The second-order valence-corrected chi connectivity index (χ2v) is 6.74. The van der Waals surface area contributed by atoms with Crippen molar-refractivity contribution in [3.63, 3.8) is 0 Å². The molecule has 1 aliphatic rings. The molecule has 0 aliphatic carbocycles. The molecule has 23 heavy (non-hydrogen) atoms. The Labute approximate surface area is 146 Å². The molecular formula is C16H21ClN4OS. The number of carbonyl (C=O) groups excluding carboxylic acids is 1. The van der Waals surface area contributed by atoms with Crippen LogP contribution in [0.1, 0.15) is 17.7 Å². The van der Waals surface area contributed by atoms with Crippen molar-refractivity contribution in [3.8, 4) is 0 Å². The predicted molar refractivity (Wildman–Crippen MR) is 96.8 cm³/mol. The van der Waals surface area contributed by atoms with Gasteiger partial charge in [-0.15, -0.1) is 23.7 Å². The van der Waals surface area contributed by atoms with Gasteiger partial charge < -0.3 is 11.1 Å². The summed E-state index contributed by atoms with van der Waals surface area (Å²) in [6, 6.07) is 9.63. The van der Waals surface area contributed by atoms with E-state index in [9.17, 15) is 4.79 Å². The third-order valence-corrected chi connectivity index (χ3v) is 4.68. The SMILES string of the molecule is Cl.Nc1ncc(CN2CCCC(C(=O)Nc3ccccc3)C2)s1. The van der Waals surface area contributed by atoms with Gasteiger partial charge in [-0.2, -0.15) is 0 Å². The van der Waals surface area contributed by atoms with Gasteiger partial charge in [-0.25, -0.2) is 4.98 Å². The summed E-state index contributed by atoms with van der Waals surface area (Å²) < 4.78 is 0. The lowest BCUT2D eigenvalue weighted by Crippen LogP contribution is -2.40. The third-order valence-electron chi connectivity index (χ3n) is 3.87. The number of para-hydroxylation sites is 1. The van der Waals surface area contributed by atoms with Crippen molar-refractivity contribution in [1.29, 1.82) is 0 Å². The molecule has 1 aromatic heterocycles. The zero-order valence-corrected chi connectivity index (χ0v) is 14.4. The van der Waals surface area contributed by atoms with Crippen molar-refractivity contribution in [2.75, 3.05) is 24.1 Å². The number of hydrogen-bond acceptors (Lipinski definition) is 5. The smallest absolute Gasteiger partial charge is 0.228 e. The zero-order valence-electron chi connectivity index (χ0n) is 12.8. The van der Waals surface area contributed by atoms with Crippen LogP contribution in [0.2, 0.25) is 0 Å². The monoisotopic (exact) mass is 352 g/mol. The van der Waals surface area contributed by atoms with Gasteiger partial charge in [-0.05, 0) is 31.5 Å². The van der Waals surface area contributed by atoms with Gasteiger partial charge >= 0.3 is 0 Å². The molecule has 5 nitrogen and oxygen atoms in total. The molecule has 0 radical (unpaired) electrons. The number of halogens is 1. The molecule has 1 fully saturated rings. The predicted octanol–water partition coefficient (Wildman–Crippen LogP) is 3.00. The minimum atomic E-state index is 0. The summed E-state index contributed by atoms with van der Waals surface area (Å²) >= 11 is 1.52. The van der Waals surface area contributed by atoms with Gasteiger partial charge in [0.25, 0.3) is 0 Å². The molecule has 1 saturated heterocycles. The van der Waals surface area contributed by atoms with Crippen LogP contribution < -0.4 is 11.1 Å². The zero-order chi connectivity index (χ0) is 15.4. The molecule has 0 saturated carbocycles. The molecule has 1 atom stereocenters. The van der Waals surface area contributed by atoms with E-state index in [1.165, 1.54) is 11.3 Å². The van der Waals surface area contributed by atoms with E-state index in [-0.39, 0.29) is 24.2 Å². The average molecular weight is 353 g/mol. The molecule has 2 heterocycles. The number of amides is 1. The summed E-state index contributed by atoms with van der Waals surface area (Å²) in [7, 11) is 0. The quantitative estimate of drug-likeness (QED) is 0.887. The maximum atomic E-state index is 12.4. The van der Waals surface area contributed by atoms with Crippen LogP contribution in [0.5, 0.6) is 0 Å². The van der Waals surface area contributed by atoms with E-state index >= 15 is 0 Å². The summed E-state index contributed by atoms with van der Waals surface area (Å²) in [6.07, 6.45) is 3.81. The molecule has 2 aromatic rings. The molecule has 7 heteroatoms. The first-order valence-corrected chi connectivity index (χ1v) is 8.31. The molecule has 1 aliphatic heterocycles. The lowest BCUT2D eigenvalue weighted by Gasteiger charge is -2.31. The molecule has 3 N–H and O–H groups in total. The topological polar surface area (TPSA) is 71.2 Å². The highest BCUT2D eigenvalue weighted by atomic mass is 35.5. The number of likely N-dealkylation sites (tertiary alicyclic amines) is 1. The van der Waals surface area contributed by atoms with Crippen LogP contribution in [-0.4, -0.2) is 28.9 Å². The van der Waals surface area contributed by atoms with Gasteiger partial charge in [0, 0.05) is 29.9 Å². The fraction of sp³-hybridized carbons (Fsp3) is 0.375. The van der Waals surface area contributed by atoms with E-state index in [4.69, 9.17) is 5.73 Å². The van der Waals surface area contributed by atoms with Gasteiger partial charge in [-0.1, -0.05) is 18.2 Å². The summed E-state index contributed by atoms with van der Waals surface area (Å²) in [4.78, 5) is 20.0. The van der Waals surface area contributed by atoms with Gasteiger partial charge in [0.15, 0.2) is 5.13 Å². The maximum Gasteiger partial charge on any atom is 0.228 e. The average Bonchev–Trinajstić information content (AvgIpc) is 2.93. The van der Waals surface area contributed by atoms with Gasteiger partial charge in [0.2, 0.25) is 5.91 Å². The molecule has 1 unspecified atom stereocenters. The van der Waals surface area contributed by atoms with Gasteiger partial charge in [-0.3, -0.25) is 9.69 Å². The third kappa shape index (κ3) is 4.92. The Hall–Kier alpha value is -1.63.